The Hall–Kier alpha value is -4.50. The van der Waals surface area contributed by atoms with E-state index in [0.29, 0.717) is 30.0 Å². The molecule has 0 aliphatic carbocycles. The molecule has 1 saturated heterocycles. The molecule has 0 saturated carbocycles. The highest BCUT2D eigenvalue weighted by Crippen LogP contribution is 2.39. The van der Waals surface area contributed by atoms with E-state index in [1.54, 1.807) is 24.3 Å². The molecule has 3 aromatic rings. The van der Waals surface area contributed by atoms with E-state index in [0.717, 1.165) is 11.1 Å². The number of nitrogens with zero attached hydrogens (tertiary/aromatic N) is 3. The Morgan fingerprint density at radius 3 is 2.34 bits per heavy atom. The molecular formula is C29H29N3O6. The number of non-ortho nitro benzene ring substituents is 1. The molecule has 1 amide bonds. The first-order valence-corrected chi connectivity index (χ1v) is 12.1. The smallest absolute Gasteiger partial charge is 0.295 e. The third-order valence-corrected chi connectivity index (χ3v) is 6.36. The number of amides is 1. The zero-order chi connectivity index (χ0) is 27.4. The average Bonchev–Trinajstić information content (AvgIpc) is 3.15. The van der Waals surface area contributed by atoms with Crippen LogP contribution < -0.4 is 4.74 Å². The predicted molar refractivity (Wildman–Crippen MR) is 143 cm³/mol. The normalized spacial score (nSPS) is 16.7. The highest BCUT2D eigenvalue weighted by atomic mass is 16.6. The first-order valence-electron chi connectivity index (χ1n) is 12.1. The van der Waals surface area contributed by atoms with Crippen LogP contribution >= 0.6 is 0 Å². The summed E-state index contributed by atoms with van der Waals surface area (Å²) in [5, 5.41) is 22.4. The summed E-state index contributed by atoms with van der Waals surface area (Å²) in [6.07, 6.45) is 0. The van der Waals surface area contributed by atoms with Crippen molar-refractivity contribution >= 4 is 23.1 Å². The lowest BCUT2D eigenvalue weighted by molar-refractivity contribution is -0.384. The van der Waals surface area contributed by atoms with Crippen molar-refractivity contribution in [1.29, 1.82) is 0 Å². The predicted octanol–water partition coefficient (Wildman–Crippen LogP) is 4.47. The number of benzene rings is 3. The second kappa shape index (κ2) is 11.3. The number of hydrogen-bond donors (Lipinski definition) is 1. The maximum atomic E-state index is 13.1. The molecular weight excluding hydrogens is 486 g/mol. The Labute approximate surface area is 220 Å². The number of ether oxygens (including phenoxy) is 1. The first-order chi connectivity index (χ1) is 18.2. The van der Waals surface area contributed by atoms with Crippen LogP contribution in [0.25, 0.3) is 5.76 Å². The number of likely N-dealkylation sites (tertiary alicyclic amines) is 1. The summed E-state index contributed by atoms with van der Waals surface area (Å²) < 4.78 is 5.85. The molecule has 3 aromatic carbocycles. The molecule has 1 heterocycles. The van der Waals surface area contributed by atoms with E-state index in [1.807, 2.05) is 50.2 Å². The van der Waals surface area contributed by atoms with Crippen LogP contribution in [-0.4, -0.2) is 58.7 Å². The third kappa shape index (κ3) is 5.73. The minimum absolute atomic E-state index is 0.0592. The Morgan fingerprint density at radius 2 is 1.74 bits per heavy atom. The van der Waals surface area contributed by atoms with Crippen molar-refractivity contribution in [2.45, 2.75) is 19.6 Å². The SMILES string of the molecule is Cc1cccc(COc2ccc(C(O)=C3C(=O)C(=O)N(CCN(C)C)[C@H]3c3ccc([N+](=O)[O-])cc3)cc2)c1. The van der Waals surface area contributed by atoms with Gasteiger partial charge in [-0.1, -0.05) is 29.8 Å². The van der Waals surface area contributed by atoms with Crippen molar-refractivity contribution < 1.29 is 24.4 Å². The van der Waals surface area contributed by atoms with Crippen molar-refractivity contribution in [3.05, 3.63) is 111 Å². The van der Waals surface area contributed by atoms with Crippen molar-refractivity contribution in [1.82, 2.24) is 9.80 Å². The van der Waals surface area contributed by atoms with Crippen LogP contribution in [0.4, 0.5) is 5.69 Å². The number of rotatable bonds is 9. The maximum Gasteiger partial charge on any atom is 0.295 e. The number of Topliss-reactive ketones (excluding diaryl/α,β-unsaturated/α-hetero) is 1. The molecule has 9 heteroatoms. The quantitative estimate of drug-likeness (QED) is 0.147. The fourth-order valence-corrected chi connectivity index (χ4v) is 4.38. The van der Waals surface area contributed by atoms with Crippen LogP contribution in [0.1, 0.15) is 28.3 Å². The second-order valence-electron chi connectivity index (χ2n) is 9.45. The van der Waals surface area contributed by atoms with Crippen LogP contribution in [0.5, 0.6) is 5.75 Å². The molecule has 0 bridgehead atoms. The summed E-state index contributed by atoms with van der Waals surface area (Å²) in [6, 6.07) is 19.4. The summed E-state index contributed by atoms with van der Waals surface area (Å²) in [5.41, 5.74) is 2.84. The van der Waals surface area contributed by atoms with Gasteiger partial charge in [0.15, 0.2) is 0 Å². The van der Waals surface area contributed by atoms with E-state index in [2.05, 4.69) is 0 Å². The van der Waals surface area contributed by atoms with E-state index < -0.39 is 22.7 Å². The van der Waals surface area contributed by atoms with E-state index in [1.165, 1.54) is 29.2 Å². The van der Waals surface area contributed by atoms with E-state index in [9.17, 15) is 24.8 Å². The van der Waals surface area contributed by atoms with Crippen LogP contribution in [0, 0.1) is 17.0 Å². The summed E-state index contributed by atoms with van der Waals surface area (Å²) in [7, 11) is 3.69. The van der Waals surface area contributed by atoms with Gasteiger partial charge in [0.25, 0.3) is 17.4 Å². The summed E-state index contributed by atoms with van der Waals surface area (Å²) in [6.45, 7) is 3.12. The Morgan fingerprint density at radius 1 is 1.05 bits per heavy atom. The molecule has 1 N–H and O–H groups in total. The average molecular weight is 516 g/mol. The minimum Gasteiger partial charge on any atom is -0.507 e. The number of nitro benzene ring substituents is 1. The molecule has 1 atom stereocenters. The number of aliphatic hydroxyl groups excluding tert-OH is 1. The molecule has 1 aliphatic rings. The fraction of sp³-hybridized carbons (Fsp3) is 0.241. The molecule has 0 unspecified atom stereocenters. The summed E-state index contributed by atoms with van der Waals surface area (Å²) >= 11 is 0. The van der Waals surface area contributed by atoms with Gasteiger partial charge in [-0.15, -0.1) is 0 Å². The van der Waals surface area contributed by atoms with Gasteiger partial charge < -0.3 is 19.6 Å². The molecule has 1 aliphatic heterocycles. The molecule has 0 radical (unpaired) electrons. The van der Waals surface area contributed by atoms with Gasteiger partial charge in [0, 0.05) is 30.8 Å². The number of likely N-dealkylation sites (N-methyl/N-ethyl adjacent to an activating group) is 1. The molecule has 1 fully saturated rings. The van der Waals surface area contributed by atoms with Gasteiger partial charge in [0.2, 0.25) is 0 Å². The highest BCUT2D eigenvalue weighted by Gasteiger charge is 2.46. The van der Waals surface area contributed by atoms with Crippen molar-refractivity contribution in [2.24, 2.45) is 0 Å². The molecule has 0 aromatic heterocycles. The highest BCUT2D eigenvalue weighted by molar-refractivity contribution is 6.46. The maximum absolute atomic E-state index is 13.1. The number of hydrogen-bond acceptors (Lipinski definition) is 7. The molecule has 38 heavy (non-hydrogen) atoms. The number of carbonyl (C=O) groups is 2. The number of aryl methyl sites for hydroxylation is 1. The zero-order valence-corrected chi connectivity index (χ0v) is 21.5. The number of aliphatic hydroxyl groups is 1. The minimum atomic E-state index is -0.881. The number of nitro groups is 1. The van der Waals surface area contributed by atoms with Crippen LogP contribution in [0.15, 0.2) is 78.4 Å². The van der Waals surface area contributed by atoms with Crippen molar-refractivity contribution in [3.8, 4) is 5.75 Å². The molecule has 196 valence electrons. The van der Waals surface area contributed by atoms with Gasteiger partial charge in [-0.3, -0.25) is 19.7 Å². The van der Waals surface area contributed by atoms with Gasteiger partial charge in [0.05, 0.1) is 16.5 Å². The van der Waals surface area contributed by atoms with E-state index in [-0.39, 0.29) is 23.6 Å². The Bertz CT molecular complexity index is 1380. The van der Waals surface area contributed by atoms with E-state index >= 15 is 0 Å². The van der Waals surface area contributed by atoms with Gasteiger partial charge in [0.1, 0.15) is 18.1 Å². The first kappa shape index (κ1) is 26.6. The Kier molecular flexibility index (Phi) is 7.87. The third-order valence-electron chi connectivity index (χ3n) is 6.36. The summed E-state index contributed by atoms with van der Waals surface area (Å²) in [4.78, 5) is 40.0. The Balaban J connectivity index is 1.66. The van der Waals surface area contributed by atoms with Crippen molar-refractivity contribution in [3.63, 3.8) is 0 Å². The van der Waals surface area contributed by atoms with Crippen LogP contribution in [0.3, 0.4) is 0 Å². The molecule has 4 rings (SSSR count). The van der Waals surface area contributed by atoms with Gasteiger partial charge in [-0.2, -0.15) is 0 Å². The lowest BCUT2D eigenvalue weighted by Gasteiger charge is -2.26. The van der Waals surface area contributed by atoms with Gasteiger partial charge in [-0.05, 0) is 68.5 Å². The molecule has 0 spiro atoms. The van der Waals surface area contributed by atoms with Crippen molar-refractivity contribution in [2.75, 3.05) is 27.2 Å². The summed E-state index contributed by atoms with van der Waals surface area (Å²) in [5.74, 6) is -1.26. The number of carbonyl (C=O) groups excluding carboxylic acids is 2. The fourth-order valence-electron chi connectivity index (χ4n) is 4.38. The molecule has 9 nitrogen and oxygen atoms in total. The van der Waals surface area contributed by atoms with Crippen LogP contribution in [-0.2, 0) is 16.2 Å². The lowest BCUT2D eigenvalue weighted by Crippen LogP contribution is -2.35. The lowest BCUT2D eigenvalue weighted by atomic mass is 9.95. The van der Waals surface area contributed by atoms with Gasteiger partial charge in [-0.25, -0.2) is 0 Å². The van der Waals surface area contributed by atoms with E-state index in [4.69, 9.17) is 4.74 Å². The number of ketones is 1. The van der Waals surface area contributed by atoms with Gasteiger partial charge >= 0.3 is 0 Å². The standard InChI is InChI=1S/C29H29N3O6/c1-19-5-4-6-20(17-19)18-38-24-13-9-22(10-14-24)27(33)25-26(21-7-11-23(12-8-21)32(36)37)31(16-15-30(2)3)29(35)28(25)34/h4-14,17,26,33H,15-16,18H2,1-3H3/t26-/m0/s1. The zero-order valence-electron chi connectivity index (χ0n) is 21.5. The van der Waals surface area contributed by atoms with Crippen LogP contribution in [0.2, 0.25) is 0 Å². The largest absolute Gasteiger partial charge is 0.507 e. The second-order valence-corrected chi connectivity index (χ2v) is 9.45. The topological polar surface area (TPSA) is 113 Å². The monoisotopic (exact) mass is 515 g/mol.